The number of amides is 2. The fourth-order valence-corrected chi connectivity index (χ4v) is 4.65. The van der Waals surface area contributed by atoms with Gasteiger partial charge in [0, 0.05) is 26.1 Å². The van der Waals surface area contributed by atoms with Crippen LogP contribution in [0.3, 0.4) is 0 Å². The summed E-state index contributed by atoms with van der Waals surface area (Å²) in [5.74, 6) is -0.302. The minimum atomic E-state index is -0.534. The van der Waals surface area contributed by atoms with Crippen molar-refractivity contribution in [2.24, 2.45) is 11.7 Å². The van der Waals surface area contributed by atoms with Gasteiger partial charge in [-0.15, -0.1) is 0 Å². The van der Waals surface area contributed by atoms with E-state index >= 15 is 0 Å². The van der Waals surface area contributed by atoms with E-state index in [-0.39, 0.29) is 30.1 Å². The zero-order valence-electron chi connectivity index (χ0n) is 22.4. The Morgan fingerprint density at radius 3 is 2.31 bits per heavy atom. The van der Waals surface area contributed by atoms with Gasteiger partial charge in [0.1, 0.15) is 12.2 Å². The summed E-state index contributed by atoms with van der Waals surface area (Å²) in [7, 11) is 1.64. The first-order valence-electron chi connectivity index (χ1n) is 12.7. The Labute approximate surface area is 214 Å². The van der Waals surface area contributed by atoms with Crippen LogP contribution >= 0.6 is 0 Å². The molecule has 2 aliphatic rings. The molecule has 208 valence electrons. The van der Waals surface area contributed by atoms with Crippen molar-refractivity contribution in [2.45, 2.75) is 63.9 Å². The maximum atomic E-state index is 12.5. The lowest BCUT2D eigenvalue weighted by molar-refractivity contribution is -0.172. The predicted octanol–water partition coefficient (Wildman–Crippen LogP) is 1.14. The number of allylic oxidation sites excluding steroid dienone is 1. The zero-order chi connectivity index (χ0) is 26.6. The minimum absolute atomic E-state index is 0.0375. The Morgan fingerprint density at radius 2 is 1.75 bits per heavy atom. The van der Waals surface area contributed by atoms with Gasteiger partial charge in [-0.1, -0.05) is 11.6 Å². The summed E-state index contributed by atoms with van der Waals surface area (Å²) in [5, 5.41) is 5.34. The van der Waals surface area contributed by atoms with Gasteiger partial charge in [-0.25, -0.2) is 4.79 Å². The fraction of sp³-hybridized carbons (Fsp3) is 0.840. The summed E-state index contributed by atoms with van der Waals surface area (Å²) in [4.78, 5) is 23.5. The number of carbonyl (C=O) groups excluding carboxylic acids is 2. The van der Waals surface area contributed by atoms with Gasteiger partial charge in [0.2, 0.25) is 5.91 Å². The third-order valence-corrected chi connectivity index (χ3v) is 6.50. The molecule has 2 amide bonds. The minimum Gasteiger partial charge on any atom is -0.443 e. The number of methoxy groups -OCH3 is 1. The molecule has 36 heavy (non-hydrogen) atoms. The monoisotopic (exact) mass is 515 g/mol. The first-order valence-corrected chi connectivity index (χ1v) is 12.7. The Bertz CT molecular complexity index is 722. The Balaban J connectivity index is 1.72. The van der Waals surface area contributed by atoms with E-state index < -0.39 is 17.8 Å². The summed E-state index contributed by atoms with van der Waals surface area (Å²) < 4.78 is 34.6. The van der Waals surface area contributed by atoms with Gasteiger partial charge in [-0.3, -0.25) is 4.79 Å². The van der Waals surface area contributed by atoms with E-state index in [0.29, 0.717) is 59.2 Å². The molecule has 3 unspecified atom stereocenters. The van der Waals surface area contributed by atoms with Gasteiger partial charge in [0.25, 0.3) is 0 Å². The highest BCUT2D eigenvalue weighted by Crippen LogP contribution is 2.52. The molecule has 1 saturated heterocycles. The number of hydrogen-bond acceptors (Lipinski definition) is 9. The SMILES string of the molecule is COC1C(OC(=O)NCCOCCOCCNC(=O)CN)CC[C@]2(CO2)C1C(C)(C)OCC=C(C)C. The Hall–Kier alpha value is -1.76. The molecule has 0 aromatic rings. The molecule has 2 fully saturated rings. The van der Waals surface area contributed by atoms with Gasteiger partial charge >= 0.3 is 6.09 Å². The molecule has 1 saturated carbocycles. The number of hydrogen-bond donors (Lipinski definition) is 3. The van der Waals surface area contributed by atoms with Crippen molar-refractivity contribution in [3.63, 3.8) is 0 Å². The topological polar surface area (TPSA) is 143 Å². The first kappa shape index (κ1) is 30.5. The highest BCUT2D eigenvalue weighted by atomic mass is 16.6. The second-order valence-corrected chi connectivity index (χ2v) is 9.92. The van der Waals surface area contributed by atoms with Gasteiger partial charge in [-0.2, -0.15) is 0 Å². The molecular formula is C25H45N3O8. The molecule has 11 nitrogen and oxygen atoms in total. The van der Waals surface area contributed by atoms with Crippen LogP contribution in [-0.2, 0) is 33.2 Å². The first-order chi connectivity index (χ1) is 17.1. The van der Waals surface area contributed by atoms with E-state index in [1.165, 1.54) is 5.57 Å². The number of carbonyl (C=O) groups is 2. The third-order valence-electron chi connectivity index (χ3n) is 6.50. The van der Waals surface area contributed by atoms with Gasteiger partial charge in [-0.05, 0) is 40.5 Å². The molecule has 0 aromatic carbocycles. The van der Waals surface area contributed by atoms with Crippen LogP contribution in [0.2, 0.25) is 0 Å². The predicted molar refractivity (Wildman–Crippen MR) is 134 cm³/mol. The van der Waals surface area contributed by atoms with E-state index in [2.05, 4.69) is 10.6 Å². The summed E-state index contributed by atoms with van der Waals surface area (Å²) >= 11 is 0. The highest BCUT2D eigenvalue weighted by molar-refractivity contribution is 5.77. The zero-order valence-corrected chi connectivity index (χ0v) is 22.4. The lowest BCUT2D eigenvalue weighted by atomic mass is 9.68. The Kier molecular flexibility index (Phi) is 12.6. The lowest BCUT2D eigenvalue weighted by Crippen LogP contribution is -2.59. The number of epoxide rings is 1. The molecular weight excluding hydrogens is 470 g/mol. The van der Waals surface area contributed by atoms with E-state index in [0.717, 1.165) is 6.42 Å². The van der Waals surface area contributed by atoms with Crippen LogP contribution in [0.5, 0.6) is 0 Å². The molecule has 1 heterocycles. The molecule has 11 heteroatoms. The molecule has 4 N–H and O–H groups in total. The lowest BCUT2D eigenvalue weighted by Gasteiger charge is -2.47. The molecule has 4 atom stereocenters. The Morgan fingerprint density at radius 1 is 1.11 bits per heavy atom. The third kappa shape index (κ3) is 9.60. The van der Waals surface area contributed by atoms with E-state index in [1.807, 2.05) is 33.8 Å². The average molecular weight is 516 g/mol. The van der Waals surface area contributed by atoms with Gasteiger partial charge in [0.15, 0.2) is 0 Å². The van der Waals surface area contributed by atoms with E-state index in [9.17, 15) is 9.59 Å². The van der Waals surface area contributed by atoms with Crippen LogP contribution in [0.1, 0.15) is 40.5 Å². The van der Waals surface area contributed by atoms with Gasteiger partial charge < -0.3 is 44.8 Å². The summed E-state index contributed by atoms with van der Waals surface area (Å²) in [6, 6.07) is 0. The standard InChI is InChI=1S/C25H45N3O8/c1-18(2)7-11-34-24(3,4)22-21(31-5)19(6-8-25(22)17-35-25)36-23(30)28-10-13-33-15-14-32-12-9-27-20(29)16-26/h7,19,21-22H,6,8-17,26H2,1-5H3,(H,27,29)(H,28,30)/t19?,21?,22?,25-/m0/s1. The molecule has 0 radical (unpaired) electrons. The molecule has 0 aromatic heterocycles. The summed E-state index contributed by atoms with van der Waals surface area (Å²) in [6.07, 6.45) is 2.22. The molecule has 2 rings (SSSR count). The van der Waals surface area contributed by atoms with E-state index in [4.69, 9.17) is 34.2 Å². The molecule has 1 aliphatic heterocycles. The largest absolute Gasteiger partial charge is 0.443 e. The van der Waals surface area contributed by atoms with Crippen LogP contribution in [0.4, 0.5) is 4.79 Å². The number of nitrogens with one attached hydrogen (secondary N) is 2. The quantitative estimate of drug-likeness (QED) is 0.157. The van der Waals surface area contributed by atoms with Crippen molar-refractivity contribution in [1.82, 2.24) is 10.6 Å². The number of ether oxygens (including phenoxy) is 6. The second kappa shape index (κ2) is 14.8. The molecule has 0 bridgehead atoms. The van der Waals surface area contributed by atoms with Gasteiger partial charge in [0.05, 0.1) is 57.4 Å². The van der Waals surface area contributed by atoms with E-state index in [1.54, 1.807) is 7.11 Å². The normalized spacial score (nSPS) is 25.3. The smallest absolute Gasteiger partial charge is 0.407 e. The maximum absolute atomic E-state index is 12.5. The fourth-order valence-electron chi connectivity index (χ4n) is 4.65. The number of rotatable bonds is 16. The van der Waals surface area contributed by atoms with Crippen molar-refractivity contribution in [3.8, 4) is 0 Å². The summed E-state index contributed by atoms with van der Waals surface area (Å²) in [6.45, 7) is 11.5. The summed E-state index contributed by atoms with van der Waals surface area (Å²) in [5.41, 5.74) is 5.56. The van der Waals surface area contributed by atoms with Crippen molar-refractivity contribution in [3.05, 3.63) is 11.6 Å². The number of alkyl carbamates (subject to hydrolysis) is 1. The second-order valence-electron chi connectivity index (χ2n) is 9.92. The number of nitrogens with two attached hydrogens (primary N) is 1. The van der Waals surface area contributed by atoms with Crippen molar-refractivity contribution in [1.29, 1.82) is 0 Å². The highest BCUT2D eigenvalue weighted by Gasteiger charge is 2.64. The molecule has 1 aliphatic carbocycles. The van der Waals surface area contributed by atoms with Crippen LogP contribution in [0.25, 0.3) is 0 Å². The average Bonchev–Trinajstić information content (AvgIpc) is 3.59. The molecule has 1 spiro atoms. The van der Waals surface area contributed by atoms with Crippen molar-refractivity contribution in [2.75, 3.05) is 66.4 Å². The van der Waals surface area contributed by atoms with Crippen molar-refractivity contribution < 1.29 is 38.0 Å². The maximum Gasteiger partial charge on any atom is 0.407 e. The van der Waals surface area contributed by atoms with Crippen LogP contribution in [0.15, 0.2) is 11.6 Å². The van der Waals surface area contributed by atoms with Crippen LogP contribution in [0, 0.1) is 5.92 Å². The van der Waals surface area contributed by atoms with Crippen LogP contribution < -0.4 is 16.4 Å². The van der Waals surface area contributed by atoms with Crippen molar-refractivity contribution >= 4 is 12.0 Å². The van der Waals surface area contributed by atoms with Crippen LogP contribution in [-0.4, -0.2) is 102 Å².